The van der Waals surface area contributed by atoms with Crippen molar-refractivity contribution in [3.05, 3.63) is 12.7 Å². The Kier molecular flexibility index (Phi) is 11.2. The van der Waals surface area contributed by atoms with Gasteiger partial charge in [-0.15, -0.1) is 0 Å². The highest BCUT2D eigenvalue weighted by molar-refractivity contribution is 5.87. The summed E-state index contributed by atoms with van der Waals surface area (Å²) in [7, 11) is 0. The molecule has 138 valence electrons. The minimum absolute atomic E-state index is 0.0440. The number of unbranched alkanes of at least 4 members (excludes halogenated alkanes) is 8. The standard InChI is InChI=1S/C20H35NO3/c1-3-5-6-7-8-9-10-11-12-17-24-20(23)18-13-15-21(16-14-18)19(22)4-2/h4,18H,2-3,5-17H2,1H3. The molecule has 1 fully saturated rings. The molecule has 0 bridgehead atoms. The number of nitrogens with zero attached hydrogens (tertiary/aromatic N) is 1. The average molecular weight is 338 g/mol. The highest BCUT2D eigenvalue weighted by Gasteiger charge is 2.27. The van der Waals surface area contributed by atoms with Gasteiger partial charge in [0, 0.05) is 13.1 Å². The minimum atomic E-state index is -0.0831. The number of amides is 1. The van der Waals surface area contributed by atoms with Gasteiger partial charge >= 0.3 is 5.97 Å². The van der Waals surface area contributed by atoms with Crippen molar-refractivity contribution < 1.29 is 14.3 Å². The van der Waals surface area contributed by atoms with E-state index < -0.39 is 0 Å². The molecule has 0 unspecified atom stereocenters. The van der Waals surface area contributed by atoms with Gasteiger partial charge in [0.1, 0.15) is 0 Å². The summed E-state index contributed by atoms with van der Waals surface area (Å²) in [5.74, 6) is -0.172. The fraction of sp³-hybridized carbons (Fsp3) is 0.800. The highest BCUT2D eigenvalue weighted by atomic mass is 16.5. The lowest BCUT2D eigenvalue weighted by Gasteiger charge is -2.30. The number of ether oxygens (including phenoxy) is 1. The number of hydrogen-bond donors (Lipinski definition) is 0. The molecule has 24 heavy (non-hydrogen) atoms. The van der Waals surface area contributed by atoms with Crippen LogP contribution in [0.5, 0.6) is 0 Å². The van der Waals surface area contributed by atoms with Gasteiger partial charge in [-0.2, -0.15) is 0 Å². The third-order valence-electron chi connectivity index (χ3n) is 4.81. The number of hydrogen-bond acceptors (Lipinski definition) is 3. The Morgan fingerprint density at radius 2 is 1.54 bits per heavy atom. The van der Waals surface area contributed by atoms with Crippen LogP contribution in [0.15, 0.2) is 12.7 Å². The Balaban J connectivity index is 1.97. The summed E-state index contributed by atoms with van der Waals surface area (Å²) in [5.41, 5.74) is 0. The summed E-state index contributed by atoms with van der Waals surface area (Å²) in [6, 6.07) is 0. The van der Waals surface area contributed by atoms with Gasteiger partial charge in [0.2, 0.25) is 5.91 Å². The molecule has 1 rings (SSSR count). The predicted octanol–water partition coefficient (Wildman–Crippen LogP) is 4.49. The van der Waals surface area contributed by atoms with Crippen molar-refractivity contribution in [3.8, 4) is 0 Å². The van der Waals surface area contributed by atoms with Crippen LogP contribution in [0.25, 0.3) is 0 Å². The van der Waals surface area contributed by atoms with E-state index in [-0.39, 0.29) is 17.8 Å². The normalized spacial score (nSPS) is 15.3. The largest absolute Gasteiger partial charge is 0.465 e. The second-order valence-corrected chi connectivity index (χ2v) is 6.80. The van der Waals surface area contributed by atoms with Gasteiger partial charge in [0.05, 0.1) is 12.5 Å². The molecule has 1 aliphatic rings. The van der Waals surface area contributed by atoms with E-state index in [1.807, 2.05) is 0 Å². The van der Waals surface area contributed by atoms with Gasteiger partial charge in [-0.05, 0) is 25.3 Å². The molecule has 4 nitrogen and oxygen atoms in total. The lowest BCUT2D eigenvalue weighted by atomic mass is 9.97. The maximum Gasteiger partial charge on any atom is 0.309 e. The van der Waals surface area contributed by atoms with Gasteiger partial charge in [-0.3, -0.25) is 9.59 Å². The summed E-state index contributed by atoms with van der Waals surface area (Å²) in [6.45, 7) is 7.54. The maximum absolute atomic E-state index is 12.0. The molecule has 0 atom stereocenters. The Bertz CT molecular complexity index is 373. The van der Waals surface area contributed by atoms with Gasteiger partial charge in [0.15, 0.2) is 0 Å². The van der Waals surface area contributed by atoms with E-state index in [1.54, 1.807) is 4.90 Å². The summed E-state index contributed by atoms with van der Waals surface area (Å²) in [4.78, 5) is 25.3. The zero-order chi connectivity index (χ0) is 17.6. The monoisotopic (exact) mass is 337 g/mol. The van der Waals surface area contributed by atoms with Crippen LogP contribution in [-0.4, -0.2) is 36.5 Å². The molecule has 0 aromatic heterocycles. The third-order valence-corrected chi connectivity index (χ3v) is 4.81. The first-order valence-electron chi connectivity index (χ1n) is 9.77. The topological polar surface area (TPSA) is 46.6 Å². The molecular formula is C20H35NO3. The third kappa shape index (κ3) is 8.51. The van der Waals surface area contributed by atoms with E-state index >= 15 is 0 Å². The van der Waals surface area contributed by atoms with Crippen molar-refractivity contribution >= 4 is 11.9 Å². The first-order valence-corrected chi connectivity index (χ1v) is 9.77. The molecule has 0 aliphatic carbocycles. The summed E-state index contributed by atoms with van der Waals surface area (Å²) < 4.78 is 5.40. The SMILES string of the molecule is C=CC(=O)N1CCC(C(=O)OCCCCCCCCCCC)CC1. The van der Waals surface area contributed by atoms with Crippen molar-refractivity contribution in [2.24, 2.45) is 5.92 Å². The number of carbonyl (C=O) groups is 2. The quantitative estimate of drug-likeness (QED) is 0.299. The Hall–Kier alpha value is -1.32. The van der Waals surface area contributed by atoms with Crippen LogP contribution in [-0.2, 0) is 14.3 Å². The van der Waals surface area contributed by atoms with Crippen LogP contribution in [0.4, 0.5) is 0 Å². The van der Waals surface area contributed by atoms with Crippen molar-refractivity contribution in [1.29, 1.82) is 0 Å². The highest BCUT2D eigenvalue weighted by Crippen LogP contribution is 2.19. The molecule has 0 radical (unpaired) electrons. The van der Waals surface area contributed by atoms with Crippen LogP contribution in [0.1, 0.15) is 77.6 Å². The van der Waals surface area contributed by atoms with Crippen molar-refractivity contribution in [3.63, 3.8) is 0 Å². The summed E-state index contributed by atoms with van der Waals surface area (Å²) in [6.07, 6.45) is 14.1. The van der Waals surface area contributed by atoms with Crippen molar-refractivity contribution in [2.75, 3.05) is 19.7 Å². The molecule has 4 heteroatoms. The molecule has 1 aliphatic heterocycles. The second kappa shape index (κ2) is 13.0. The molecule has 1 heterocycles. The van der Waals surface area contributed by atoms with Gasteiger partial charge in [0.25, 0.3) is 0 Å². The number of carbonyl (C=O) groups excluding carboxylic acids is 2. The number of rotatable bonds is 12. The average Bonchev–Trinajstić information content (AvgIpc) is 2.62. The van der Waals surface area contributed by atoms with E-state index in [4.69, 9.17) is 4.74 Å². The van der Waals surface area contributed by atoms with Gasteiger partial charge in [-0.1, -0.05) is 64.9 Å². The summed E-state index contributed by atoms with van der Waals surface area (Å²) in [5, 5.41) is 0. The number of piperidine rings is 1. The zero-order valence-corrected chi connectivity index (χ0v) is 15.4. The minimum Gasteiger partial charge on any atom is -0.465 e. The number of esters is 1. The van der Waals surface area contributed by atoms with E-state index in [0.717, 1.165) is 12.8 Å². The molecule has 0 saturated carbocycles. The first kappa shape index (κ1) is 20.7. The Morgan fingerprint density at radius 1 is 1.00 bits per heavy atom. The van der Waals surface area contributed by atoms with E-state index in [2.05, 4.69) is 13.5 Å². The zero-order valence-electron chi connectivity index (χ0n) is 15.4. The Morgan fingerprint density at radius 3 is 2.08 bits per heavy atom. The van der Waals surface area contributed by atoms with Gasteiger partial charge < -0.3 is 9.64 Å². The molecular weight excluding hydrogens is 302 g/mol. The fourth-order valence-corrected chi connectivity index (χ4v) is 3.17. The molecule has 0 aromatic carbocycles. The van der Waals surface area contributed by atoms with Crippen molar-refractivity contribution in [1.82, 2.24) is 4.90 Å². The Labute approximate surface area is 147 Å². The van der Waals surface area contributed by atoms with Crippen LogP contribution < -0.4 is 0 Å². The smallest absolute Gasteiger partial charge is 0.309 e. The predicted molar refractivity (Wildman–Crippen MR) is 97.7 cm³/mol. The number of likely N-dealkylation sites (tertiary alicyclic amines) is 1. The van der Waals surface area contributed by atoms with Crippen LogP contribution >= 0.6 is 0 Å². The van der Waals surface area contributed by atoms with E-state index in [0.29, 0.717) is 32.5 Å². The van der Waals surface area contributed by atoms with E-state index in [1.165, 1.54) is 51.0 Å². The molecule has 1 saturated heterocycles. The maximum atomic E-state index is 12.0. The summed E-state index contributed by atoms with van der Waals surface area (Å²) >= 11 is 0. The van der Waals surface area contributed by atoms with Crippen LogP contribution in [0.3, 0.4) is 0 Å². The van der Waals surface area contributed by atoms with Gasteiger partial charge in [-0.25, -0.2) is 0 Å². The second-order valence-electron chi connectivity index (χ2n) is 6.80. The molecule has 0 N–H and O–H groups in total. The van der Waals surface area contributed by atoms with Crippen LogP contribution in [0.2, 0.25) is 0 Å². The first-order chi connectivity index (χ1) is 11.7. The fourth-order valence-electron chi connectivity index (χ4n) is 3.17. The van der Waals surface area contributed by atoms with Crippen molar-refractivity contribution in [2.45, 2.75) is 77.6 Å². The molecule has 0 spiro atoms. The van der Waals surface area contributed by atoms with E-state index in [9.17, 15) is 9.59 Å². The lowest BCUT2D eigenvalue weighted by Crippen LogP contribution is -2.39. The lowest BCUT2D eigenvalue weighted by molar-refractivity contribution is -0.151. The molecule has 1 amide bonds. The molecule has 0 aromatic rings. The van der Waals surface area contributed by atoms with Crippen LogP contribution in [0, 0.1) is 5.92 Å².